The molecule has 2 atom stereocenters. The molecule has 1 aliphatic heterocycles. The van der Waals surface area contributed by atoms with Crippen LogP contribution in [0.4, 0.5) is 0 Å². The molecule has 1 amide bonds. The van der Waals surface area contributed by atoms with E-state index < -0.39 is 12.0 Å². The van der Waals surface area contributed by atoms with Crippen molar-refractivity contribution in [3.8, 4) is 0 Å². The zero-order valence-corrected chi connectivity index (χ0v) is 12.9. The molecule has 0 bridgehead atoms. The lowest BCUT2D eigenvalue weighted by Crippen LogP contribution is -2.49. The summed E-state index contributed by atoms with van der Waals surface area (Å²) in [6, 6.07) is 1.20. The van der Waals surface area contributed by atoms with Gasteiger partial charge in [-0.3, -0.25) is 14.5 Å². The predicted molar refractivity (Wildman–Crippen MR) is 77.0 cm³/mol. The highest BCUT2D eigenvalue weighted by Gasteiger charge is 2.48. The van der Waals surface area contributed by atoms with E-state index in [2.05, 4.69) is 5.16 Å². The first kappa shape index (κ1) is 15.0. The molecule has 0 aromatic carbocycles. The van der Waals surface area contributed by atoms with Gasteiger partial charge in [-0.2, -0.15) is 0 Å². The molecule has 7 heteroatoms. The number of aromatic nitrogens is 1. The van der Waals surface area contributed by atoms with Crippen LogP contribution in [-0.4, -0.2) is 57.1 Å². The third kappa shape index (κ3) is 2.85. The number of carboxylic acid groups (broad SMARTS) is 1. The lowest BCUT2D eigenvalue weighted by Gasteiger charge is -2.30. The summed E-state index contributed by atoms with van der Waals surface area (Å²) >= 11 is 0. The third-order valence-electron chi connectivity index (χ3n) is 4.42. The molecule has 1 saturated carbocycles. The van der Waals surface area contributed by atoms with Gasteiger partial charge in [-0.05, 0) is 32.6 Å². The van der Waals surface area contributed by atoms with Crippen molar-refractivity contribution in [1.29, 1.82) is 0 Å². The van der Waals surface area contributed by atoms with Crippen LogP contribution in [0.2, 0.25) is 0 Å². The molecule has 2 heterocycles. The van der Waals surface area contributed by atoms with E-state index in [0.717, 1.165) is 12.8 Å². The van der Waals surface area contributed by atoms with Gasteiger partial charge < -0.3 is 14.5 Å². The van der Waals surface area contributed by atoms with E-state index in [9.17, 15) is 14.7 Å². The molecule has 120 valence electrons. The summed E-state index contributed by atoms with van der Waals surface area (Å²) in [5.74, 6) is -0.143. The van der Waals surface area contributed by atoms with Gasteiger partial charge in [-0.1, -0.05) is 5.16 Å². The number of aryl methyl sites for hydroxylation is 1. The number of likely N-dealkylation sites (N-methyl/N-ethyl adjacent to an activating group) is 1. The molecular weight excluding hydrogens is 286 g/mol. The Morgan fingerprint density at radius 2 is 2.05 bits per heavy atom. The van der Waals surface area contributed by atoms with E-state index in [4.69, 9.17) is 4.52 Å². The van der Waals surface area contributed by atoms with Crippen LogP contribution >= 0.6 is 0 Å². The fourth-order valence-corrected chi connectivity index (χ4v) is 3.28. The number of amides is 1. The number of carboxylic acids is 1. The Balaban J connectivity index is 1.69. The smallest absolute Gasteiger partial charge is 0.320 e. The molecule has 2 aliphatic rings. The standard InChI is InChI=1S/C15H21N3O4/c1-9-7-10(16-22-9)8-17(2)14(19)12-5-6-13(15(20)21)18(12)11-3-4-11/h7,11-13H,3-6,8H2,1-2H3,(H,20,21). The molecule has 0 spiro atoms. The van der Waals surface area contributed by atoms with Gasteiger partial charge in [0.15, 0.2) is 0 Å². The van der Waals surface area contributed by atoms with Crippen LogP contribution in [0.5, 0.6) is 0 Å². The number of hydrogen-bond donors (Lipinski definition) is 1. The number of nitrogens with zero attached hydrogens (tertiary/aromatic N) is 3. The summed E-state index contributed by atoms with van der Waals surface area (Å²) in [4.78, 5) is 27.6. The zero-order valence-electron chi connectivity index (χ0n) is 12.9. The second-order valence-electron chi connectivity index (χ2n) is 6.25. The van der Waals surface area contributed by atoms with Crippen molar-refractivity contribution in [1.82, 2.24) is 15.0 Å². The van der Waals surface area contributed by atoms with Gasteiger partial charge in [0.2, 0.25) is 5.91 Å². The van der Waals surface area contributed by atoms with Crippen molar-refractivity contribution in [3.05, 3.63) is 17.5 Å². The Labute approximate surface area is 128 Å². The van der Waals surface area contributed by atoms with Crippen LogP contribution in [0.25, 0.3) is 0 Å². The molecule has 7 nitrogen and oxygen atoms in total. The summed E-state index contributed by atoms with van der Waals surface area (Å²) in [5.41, 5.74) is 0.708. The van der Waals surface area contributed by atoms with Gasteiger partial charge >= 0.3 is 5.97 Å². The summed E-state index contributed by atoms with van der Waals surface area (Å²) in [5, 5.41) is 13.2. The van der Waals surface area contributed by atoms with Gasteiger partial charge in [-0.15, -0.1) is 0 Å². The third-order valence-corrected chi connectivity index (χ3v) is 4.42. The summed E-state index contributed by atoms with van der Waals surface area (Å²) in [6.45, 7) is 2.19. The highest BCUT2D eigenvalue weighted by atomic mass is 16.5. The van der Waals surface area contributed by atoms with Gasteiger partial charge in [0, 0.05) is 19.2 Å². The Bertz CT molecular complexity index is 581. The van der Waals surface area contributed by atoms with Crippen molar-refractivity contribution in [2.45, 2.75) is 57.3 Å². The van der Waals surface area contributed by atoms with Crippen LogP contribution in [0, 0.1) is 6.92 Å². The molecule has 3 rings (SSSR count). The SMILES string of the molecule is Cc1cc(CN(C)C(=O)C2CCC(C(=O)O)N2C2CC2)no1. The van der Waals surface area contributed by atoms with E-state index in [1.807, 2.05) is 11.8 Å². The van der Waals surface area contributed by atoms with Crippen molar-refractivity contribution in [2.75, 3.05) is 7.05 Å². The first-order valence-electron chi connectivity index (χ1n) is 7.65. The number of carbonyl (C=O) groups excluding carboxylic acids is 1. The highest BCUT2D eigenvalue weighted by molar-refractivity contribution is 5.84. The van der Waals surface area contributed by atoms with Crippen molar-refractivity contribution in [3.63, 3.8) is 0 Å². The number of hydrogen-bond acceptors (Lipinski definition) is 5. The average molecular weight is 307 g/mol. The Morgan fingerprint density at radius 1 is 1.36 bits per heavy atom. The minimum atomic E-state index is -0.822. The maximum Gasteiger partial charge on any atom is 0.320 e. The van der Waals surface area contributed by atoms with E-state index in [1.54, 1.807) is 18.0 Å². The van der Waals surface area contributed by atoms with E-state index in [1.165, 1.54) is 0 Å². The molecule has 2 fully saturated rings. The molecule has 1 aliphatic carbocycles. The van der Waals surface area contributed by atoms with E-state index in [-0.39, 0.29) is 18.0 Å². The Morgan fingerprint density at radius 3 is 2.59 bits per heavy atom. The molecule has 2 unspecified atom stereocenters. The maximum absolute atomic E-state index is 12.7. The minimum absolute atomic E-state index is 0.0312. The molecule has 1 N–H and O–H groups in total. The van der Waals surface area contributed by atoms with Crippen LogP contribution in [-0.2, 0) is 16.1 Å². The first-order chi connectivity index (χ1) is 10.5. The summed E-state index contributed by atoms with van der Waals surface area (Å²) in [7, 11) is 1.73. The molecule has 1 aromatic rings. The second-order valence-corrected chi connectivity index (χ2v) is 6.25. The van der Waals surface area contributed by atoms with Crippen molar-refractivity contribution >= 4 is 11.9 Å². The van der Waals surface area contributed by atoms with Crippen LogP contribution in [0.1, 0.15) is 37.1 Å². The van der Waals surface area contributed by atoms with Crippen LogP contribution in [0.15, 0.2) is 10.6 Å². The summed E-state index contributed by atoms with van der Waals surface area (Å²) in [6.07, 6.45) is 3.12. The first-order valence-corrected chi connectivity index (χ1v) is 7.65. The van der Waals surface area contributed by atoms with Crippen LogP contribution in [0.3, 0.4) is 0 Å². The quantitative estimate of drug-likeness (QED) is 0.874. The fraction of sp³-hybridized carbons (Fsp3) is 0.667. The molecule has 1 saturated heterocycles. The molecular formula is C15H21N3O4. The largest absolute Gasteiger partial charge is 0.480 e. The molecule has 1 aromatic heterocycles. The van der Waals surface area contributed by atoms with Gasteiger partial charge in [-0.25, -0.2) is 0 Å². The monoisotopic (exact) mass is 307 g/mol. The number of rotatable bonds is 5. The lowest BCUT2D eigenvalue weighted by molar-refractivity contribution is -0.144. The minimum Gasteiger partial charge on any atom is -0.480 e. The molecule has 22 heavy (non-hydrogen) atoms. The van der Waals surface area contributed by atoms with Gasteiger partial charge in [0.1, 0.15) is 17.5 Å². The Kier molecular flexibility index (Phi) is 3.90. The summed E-state index contributed by atoms with van der Waals surface area (Å²) < 4.78 is 5.01. The van der Waals surface area contributed by atoms with E-state index >= 15 is 0 Å². The number of carbonyl (C=O) groups is 2. The normalized spacial score (nSPS) is 25.4. The van der Waals surface area contributed by atoms with Crippen molar-refractivity contribution < 1.29 is 19.2 Å². The molecule has 0 radical (unpaired) electrons. The Hall–Kier alpha value is -1.89. The lowest BCUT2D eigenvalue weighted by atomic mass is 10.1. The predicted octanol–water partition coefficient (Wildman–Crippen LogP) is 1.02. The number of likely N-dealkylation sites (tertiary alicyclic amines) is 1. The second kappa shape index (κ2) is 5.72. The maximum atomic E-state index is 12.7. The fourth-order valence-electron chi connectivity index (χ4n) is 3.28. The van der Waals surface area contributed by atoms with Gasteiger partial charge in [0.25, 0.3) is 0 Å². The zero-order chi connectivity index (χ0) is 15.9. The number of aliphatic carboxylic acids is 1. The highest BCUT2D eigenvalue weighted by Crippen LogP contribution is 2.37. The average Bonchev–Trinajstić information content (AvgIpc) is 3.07. The van der Waals surface area contributed by atoms with Crippen LogP contribution < -0.4 is 0 Å². The van der Waals surface area contributed by atoms with E-state index in [0.29, 0.717) is 30.8 Å². The van der Waals surface area contributed by atoms with Gasteiger partial charge in [0.05, 0.1) is 12.6 Å². The topological polar surface area (TPSA) is 86.9 Å². The van der Waals surface area contributed by atoms with Crippen molar-refractivity contribution in [2.24, 2.45) is 0 Å².